The topological polar surface area (TPSA) is 66.5 Å². The fourth-order valence-corrected chi connectivity index (χ4v) is 5.14. The predicted molar refractivity (Wildman–Crippen MR) is 110 cm³/mol. The Bertz CT molecular complexity index is 1090. The lowest BCUT2D eigenvalue weighted by Gasteiger charge is -2.20. The molecule has 1 heterocycles. The molecular formula is C20H19FN2O3S2. The molecule has 1 aromatic heterocycles. The molecule has 28 heavy (non-hydrogen) atoms. The van der Waals surface area contributed by atoms with E-state index >= 15 is 0 Å². The summed E-state index contributed by atoms with van der Waals surface area (Å²) in [4.78, 5) is 12.5. The molecule has 0 unspecified atom stereocenters. The van der Waals surface area contributed by atoms with Crippen molar-refractivity contribution in [3.05, 3.63) is 76.2 Å². The number of carbonyl (C=O) groups is 1. The molecule has 0 saturated carbocycles. The van der Waals surface area contributed by atoms with Gasteiger partial charge in [0.15, 0.2) is 0 Å². The fraction of sp³-hybridized carbons (Fsp3) is 0.150. The van der Waals surface area contributed by atoms with Crippen molar-refractivity contribution in [1.29, 1.82) is 0 Å². The van der Waals surface area contributed by atoms with Crippen LogP contribution in [0.1, 0.15) is 22.2 Å². The highest BCUT2D eigenvalue weighted by Gasteiger charge is 2.28. The smallest absolute Gasteiger partial charge is 0.267 e. The molecule has 5 nitrogen and oxygen atoms in total. The maximum absolute atomic E-state index is 13.3. The van der Waals surface area contributed by atoms with Crippen LogP contribution in [0.2, 0.25) is 0 Å². The van der Waals surface area contributed by atoms with Gasteiger partial charge in [-0.05, 0) is 53.8 Å². The van der Waals surface area contributed by atoms with Crippen LogP contribution in [0.5, 0.6) is 0 Å². The highest BCUT2D eigenvalue weighted by atomic mass is 32.2. The number of anilines is 2. The number of aryl methyl sites for hydroxylation is 1. The molecule has 0 fully saturated rings. The molecule has 0 saturated heterocycles. The summed E-state index contributed by atoms with van der Waals surface area (Å²) in [7, 11) is -2.49. The van der Waals surface area contributed by atoms with Crippen LogP contribution in [0.4, 0.5) is 15.8 Å². The van der Waals surface area contributed by atoms with Gasteiger partial charge >= 0.3 is 0 Å². The standard InChI is InChI=1S/C20H19FN2O3S2/c1-3-14-7-9-17(10-8-14)23(2)28(25,26)18-11-12-27-19(18)20(24)22-16-6-4-5-15(21)13-16/h4-13H,3H2,1-2H3,(H,22,24). The number of benzene rings is 2. The second-order valence-electron chi connectivity index (χ2n) is 6.07. The van der Waals surface area contributed by atoms with Crippen LogP contribution in [0.3, 0.4) is 0 Å². The minimum absolute atomic E-state index is 0.0429. The van der Waals surface area contributed by atoms with Crippen molar-refractivity contribution in [2.24, 2.45) is 0 Å². The average molecular weight is 419 g/mol. The molecule has 0 spiro atoms. The summed E-state index contributed by atoms with van der Waals surface area (Å²) in [6.45, 7) is 2.02. The Morgan fingerprint density at radius 3 is 2.50 bits per heavy atom. The fourth-order valence-electron chi connectivity index (χ4n) is 2.65. The quantitative estimate of drug-likeness (QED) is 0.640. The van der Waals surface area contributed by atoms with Crippen LogP contribution in [-0.4, -0.2) is 21.4 Å². The molecule has 0 aliphatic rings. The molecular weight excluding hydrogens is 399 g/mol. The molecule has 1 amide bonds. The summed E-state index contributed by atoms with van der Waals surface area (Å²) in [5.41, 5.74) is 1.85. The Labute approximate surface area is 167 Å². The van der Waals surface area contributed by atoms with Crippen molar-refractivity contribution in [1.82, 2.24) is 0 Å². The van der Waals surface area contributed by atoms with Gasteiger partial charge in [-0.2, -0.15) is 0 Å². The molecule has 3 rings (SSSR count). The zero-order valence-corrected chi connectivity index (χ0v) is 17.0. The molecule has 0 aliphatic heterocycles. The second-order valence-corrected chi connectivity index (χ2v) is 8.92. The normalized spacial score (nSPS) is 11.2. The van der Waals surface area contributed by atoms with Crippen LogP contribution in [0, 0.1) is 5.82 Å². The number of halogens is 1. The first kappa shape index (κ1) is 20.0. The third-order valence-electron chi connectivity index (χ3n) is 4.26. The SMILES string of the molecule is CCc1ccc(N(C)S(=O)(=O)c2ccsc2C(=O)Nc2cccc(F)c2)cc1. The summed E-state index contributed by atoms with van der Waals surface area (Å²) in [5.74, 6) is -1.10. The van der Waals surface area contributed by atoms with Crippen LogP contribution in [0.25, 0.3) is 0 Å². The first-order valence-electron chi connectivity index (χ1n) is 8.55. The summed E-state index contributed by atoms with van der Waals surface area (Å²) < 4.78 is 40.6. The van der Waals surface area contributed by atoms with Crippen molar-refractivity contribution in [3.63, 3.8) is 0 Å². The van der Waals surface area contributed by atoms with E-state index in [4.69, 9.17) is 0 Å². The maximum atomic E-state index is 13.3. The first-order valence-corrected chi connectivity index (χ1v) is 10.9. The Morgan fingerprint density at radius 1 is 1.14 bits per heavy atom. The first-order chi connectivity index (χ1) is 13.3. The van der Waals surface area contributed by atoms with Crippen LogP contribution in [-0.2, 0) is 16.4 Å². The van der Waals surface area contributed by atoms with E-state index in [1.165, 1.54) is 37.4 Å². The molecule has 3 aromatic rings. The van der Waals surface area contributed by atoms with E-state index in [2.05, 4.69) is 5.32 Å². The van der Waals surface area contributed by atoms with Crippen LogP contribution in [0.15, 0.2) is 64.9 Å². The summed E-state index contributed by atoms with van der Waals surface area (Å²) >= 11 is 1.02. The van der Waals surface area contributed by atoms with E-state index in [-0.39, 0.29) is 15.5 Å². The number of rotatable bonds is 6. The number of hydrogen-bond donors (Lipinski definition) is 1. The predicted octanol–water partition coefficient (Wildman–Crippen LogP) is 4.53. The van der Waals surface area contributed by atoms with Gasteiger partial charge in [-0.3, -0.25) is 9.10 Å². The highest BCUT2D eigenvalue weighted by Crippen LogP contribution is 2.29. The van der Waals surface area contributed by atoms with Gasteiger partial charge in [-0.1, -0.05) is 25.1 Å². The Hall–Kier alpha value is -2.71. The molecule has 0 bridgehead atoms. The summed E-state index contributed by atoms with van der Waals surface area (Å²) in [6, 6.07) is 14.0. The highest BCUT2D eigenvalue weighted by molar-refractivity contribution is 7.93. The van der Waals surface area contributed by atoms with Gasteiger partial charge in [0.25, 0.3) is 15.9 Å². The lowest BCUT2D eigenvalue weighted by Crippen LogP contribution is -2.28. The minimum atomic E-state index is -3.94. The van der Waals surface area contributed by atoms with Gasteiger partial charge in [0.05, 0.1) is 5.69 Å². The van der Waals surface area contributed by atoms with E-state index in [0.29, 0.717) is 5.69 Å². The van der Waals surface area contributed by atoms with Gasteiger partial charge in [-0.15, -0.1) is 11.3 Å². The van der Waals surface area contributed by atoms with Crippen molar-refractivity contribution < 1.29 is 17.6 Å². The van der Waals surface area contributed by atoms with Gasteiger partial charge in [0, 0.05) is 12.7 Å². The Morgan fingerprint density at radius 2 is 1.86 bits per heavy atom. The van der Waals surface area contributed by atoms with Gasteiger partial charge in [-0.25, -0.2) is 12.8 Å². The largest absolute Gasteiger partial charge is 0.321 e. The third kappa shape index (κ3) is 4.07. The molecule has 1 N–H and O–H groups in total. The minimum Gasteiger partial charge on any atom is -0.321 e. The van der Waals surface area contributed by atoms with Gasteiger partial charge in [0.2, 0.25) is 0 Å². The van der Waals surface area contributed by atoms with Crippen molar-refractivity contribution in [2.75, 3.05) is 16.7 Å². The average Bonchev–Trinajstić information content (AvgIpc) is 3.18. The van der Waals surface area contributed by atoms with Crippen molar-refractivity contribution in [2.45, 2.75) is 18.2 Å². The second kappa shape index (κ2) is 8.12. The Balaban J connectivity index is 1.89. The van der Waals surface area contributed by atoms with E-state index in [1.54, 1.807) is 17.5 Å². The number of nitrogens with one attached hydrogen (secondary N) is 1. The number of amides is 1. The number of nitrogens with zero attached hydrogens (tertiary/aromatic N) is 1. The van der Waals surface area contributed by atoms with E-state index in [9.17, 15) is 17.6 Å². The number of carbonyl (C=O) groups excluding carboxylic acids is 1. The Kier molecular flexibility index (Phi) is 5.81. The molecule has 0 aliphatic carbocycles. The monoisotopic (exact) mass is 418 g/mol. The van der Waals surface area contributed by atoms with Crippen LogP contribution >= 0.6 is 11.3 Å². The summed E-state index contributed by atoms with van der Waals surface area (Å²) in [6.07, 6.45) is 0.853. The van der Waals surface area contributed by atoms with Gasteiger partial charge < -0.3 is 5.32 Å². The molecule has 0 atom stereocenters. The molecule has 2 aromatic carbocycles. The van der Waals surface area contributed by atoms with Crippen molar-refractivity contribution >= 4 is 38.6 Å². The molecule has 0 radical (unpaired) electrons. The van der Waals surface area contributed by atoms with E-state index in [0.717, 1.165) is 27.6 Å². The van der Waals surface area contributed by atoms with Crippen molar-refractivity contribution in [3.8, 4) is 0 Å². The van der Waals surface area contributed by atoms with Gasteiger partial charge in [0.1, 0.15) is 15.6 Å². The zero-order valence-electron chi connectivity index (χ0n) is 15.3. The third-order valence-corrected chi connectivity index (χ3v) is 7.13. The molecule has 146 valence electrons. The number of sulfonamides is 1. The zero-order chi connectivity index (χ0) is 20.3. The maximum Gasteiger partial charge on any atom is 0.267 e. The van der Waals surface area contributed by atoms with E-state index < -0.39 is 21.7 Å². The van der Waals surface area contributed by atoms with E-state index in [1.807, 2.05) is 19.1 Å². The number of thiophene rings is 1. The number of hydrogen-bond acceptors (Lipinski definition) is 4. The lowest BCUT2D eigenvalue weighted by atomic mass is 10.1. The lowest BCUT2D eigenvalue weighted by molar-refractivity contribution is 0.102. The summed E-state index contributed by atoms with van der Waals surface area (Å²) in [5, 5.41) is 4.08. The van der Waals surface area contributed by atoms with Crippen LogP contribution < -0.4 is 9.62 Å². The molecule has 8 heteroatoms.